The molecule has 0 bridgehead atoms. The molecular weight excluding hydrogens is 294 g/mol. The number of ether oxygens (including phenoxy) is 1. The molecule has 0 radical (unpaired) electrons. The molecule has 1 N–H and O–H groups in total. The Morgan fingerprint density at radius 1 is 1.30 bits per heavy atom. The highest BCUT2D eigenvalue weighted by Crippen LogP contribution is 2.46. The molecule has 2 rings (SSSR count). The number of hydrogen-bond acceptors (Lipinski definition) is 5. The average Bonchev–Trinajstić information content (AvgIpc) is 2.69. The van der Waals surface area contributed by atoms with Crippen molar-refractivity contribution >= 4 is 17.4 Å². The Bertz CT molecular complexity index is 701. The van der Waals surface area contributed by atoms with Gasteiger partial charge >= 0.3 is 5.97 Å². The summed E-state index contributed by atoms with van der Waals surface area (Å²) >= 11 is 0. The highest BCUT2D eigenvalue weighted by Gasteiger charge is 2.38. The van der Waals surface area contributed by atoms with Gasteiger partial charge in [-0.1, -0.05) is 32.0 Å². The van der Waals surface area contributed by atoms with Crippen LogP contribution in [0.2, 0.25) is 0 Å². The first-order valence-electron chi connectivity index (χ1n) is 7.46. The van der Waals surface area contributed by atoms with Crippen LogP contribution in [0, 0.1) is 0 Å². The Labute approximate surface area is 135 Å². The van der Waals surface area contributed by atoms with E-state index in [1.54, 1.807) is 6.92 Å². The number of carbonyl (C=O) groups excluding carboxylic acids is 2. The van der Waals surface area contributed by atoms with E-state index in [0.29, 0.717) is 0 Å². The highest BCUT2D eigenvalue weighted by atomic mass is 16.5. The maximum atomic E-state index is 12.2. The zero-order valence-corrected chi connectivity index (χ0v) is 13.8. The van der Waals surface area contributed by atoms with Crippen LogP contribution in [0.25, 0.3) is 0 Å². The number of carbonyl (C=O) groups is 2. The Morgan fingerprint density at radius 3 is 2.57 bits per heavy atom. The van der Waals surface area contributed by atoms with Gasteiger partial charge in [0.1, 0.15) is 0 Å². The number of nitrogens with zero attached hydrogens (tertiary/aromatic N) is 1. The van der Waals surface area contributed by atoms with E-state index in [0.717, 1.165) is 23.0 Å². The van der Waals surface area contributed by atoms with Crippen molar-refractivity contribution in [1.29, 1.82) is 0 Å². The molecule has 5 heteroatoms. The minimum Gasteiger partial charge on any atom is -0.502 e. The number of allylic oxidation sites excluding steroid dienone is 3. The predicted molar refractivity (Wildman–Crippen MR) is 88.3 cm³/mol. The fourth-order valence-corrected chi connectivity index (χ4v) is 2.83. The summed E-state index contributed by atoms with van der Waals surface area (Å²) in [5.74, 6) is -2.05. The van der Waals surface area contributed by atoms with Crippen LogP contribution in [0.4, 0.5) is 5.69 Å². The van der Waals surface area contributed by atoms with Crippen LogP contribution in [-0.4, -0.2) is 30.5 Å². The fourth-order valence-electron chi connectivity index (χ4n) is 2.83. The van der Waals surface area contributed by atoms with E-state index in [4.69, 9.17) is 0 Å². The zero-order chi connectivity index (χ0) is 17.2. The molecule has 0 saturated carbocycles. The van der Waals surface area contributed by atoms with Crippen molar-refractivity contribution in [2.75, 3.05) is 18.6 Å². The zero-order valence-electron chi connectivity index (χ0n) is 13.8. The maximum Gasteiger partial charge on any atom is 0.373 e. The Kier molecular flexibility index (Phi) is 4.59. The first-order valence-corrected chi connectivity index (χ1v) is 7.46. The molecule has 0 saturated heterocycles. The predicted octanol–water partition coefficient (Wildman–Crippen LogP) is 2.87. The van der Waals surface area contributed by atoms with Crippen LogP contribution in [0.15, 0.2) is 47.9 Å². The Balaban J connectivity index is 2.32. The molecule has 0 atom stereocenters. The van der Waals surface area contributed by atoms with Gasteiger partial charge < -0.3 is 14.7 Å². The van der Waals surface area contributed by atoms with Gasteiger partial charge in [0.2, 0.25) is 5.76 Å². The van der Waals surface area contributed by atoms with Gasteiger partial charge in [-0.05, 0) is 18.6 Å². The van der Waals surface area contributed by atoms with E-state index in [1.165, 1.54) is 6.08 Å². The lowest BCUT2D eigenvalue weighted by atomic mass is 9.83. The summed E-state index contributed by atoms with van der Waals surface area (Å²) in [5, 5.41) is 9.59. The number of fused-ring (bicyclic) bond motifs is 1. The van der Waals surface area contributed by atoms with Gasteiger partial charge in [0, 0.05) is 36.0 Å². The second-order valence-electron chi connectivity index (χ2n) is 5.88. The monoisotopic (exact) mass is 315 g/mol. The number of rotatable bonds is 4. The molecule has 1 heterocycles. The standard InChI is InChI=1S/C18H21NO4/c1-5-23-17(22)15(21)10-12(20)11-16-18(2,3)13-8-6-7-9-14(13)19(16)4/h6-11,21H,5H2,1-4H3/b15-10-,16-11+. The first kappa shape index (κ1) is 16.8. The second-order valence-corrected chi connectivity index (χ2v) is 5.88. The summed E-state index contributed by atoms with van der Waals surface area (Å²) in [7, 11) is 1.89. The number of para-hydroxylation sites is 1. The smallest absolute Gasteiger partial charge is 0.373 e. The van der Waals surface area contributed by atoms with E-state index in [9.17, 15) is 14.7 Å². The van der Waals surface area contributed by atoms with E-state index >= 15 is 0 Å². The number of aliphatic hydroxyl groups is 1. The minimum atomic E-state index is -0.901. The van der Waals surface area contributed by atoms with Crippen LogP contribution < -0.4 is 4.90 Å². The molecule has 23 heavy (non-hydrogen) atoms. The van der Waals surface area contributed by atoms with Crippen LogP contribution in [0.3, 0.4) is 0 Å². The van der Waals surface area contributed by atoms with Crippen molar-refractivity contribution in [3.8, 4) is 0 Å². The van der Waals surface area contributed by atoms with Crippen LogP contribution in [-0.2, 0) is 19.7 Å². The highest BCUT2D eigenvalue weighted by molar-refractivity contribution is 6.05. The molecule has 0 unspecified atom stereocenters. The summed E-state index contributed by atoms with van der Waals surface area (Å²) in [6, 6.07) is 7.94. The number of likely N-dealkylation sites (N-methyl/N-ethyl adjacent to an activating group) is 1. The first-order chi connectivity index (χ1) is 10.8. The third-order valence-electron chi connectivity index (χ3n) is 3.98. The minimum absolute atomic E-state index is 0.136. The van der Waals surface area contributed by atoms with Crippen LogP contribution >= 0.6 is 0 Å². The van der Waals surface area contributed by atoms with Gasteiger partial charge in [0.25, 0.3) is 0 Å². The molecule has 0 amide bonds. The molecule has 1 aliphatic heterocycles. The summed E-state index contributed by atoms with van der Waals surface area (Å²) < 4.78 is 4.65. The summed E-state index contributed by atoms with van der Waals surface area (Å²) in [5.41, 5.74) is 2.63. The van der Waals surface area contributed by atoms with Gasteiger partial charge in [0.05, 0.1) is 6.61 Å². The lowest BCUT2D eigenvalue weighted by molar-refractivity contribution is -0.141. The average molecular weight is 315 g/mol. The fraction of sp³-hybridized carbons (Fsp3) is 0.333. The third kappa shape index (κ3) is 3.13. The third-order valence-corrected chi connectivity index (χ3v) is 3.98. The number of aliphatic hydroxyl groups excluding tert-OH is 1. The molecule has 5 nitrogen and oxygen atoms in total. The van der Waals surface area contributed by atoms with E-state index in [-0.39, 0.29) is 12.0 Å². The van der Waals surface area contributed by atoms with Crippen molar-refractivity contribution < 1.29 is 19.4 Å². The topological polar surface area (TPSA) is 66.8 Å². The number of hydrogen-bond donors (Lipinski definition) is 1. The Hall–Kier alpha value is -2.56. The molecule has 1 aromatic rings. The molecule has 1 aromatic carbocycles. The van der Waals surface area contributed by atoms with Crippen molar-refractivity contribution in [3.05, 3.63) is 53.4 Å². The van der Waals surface area contributed by atoms with Crippen molar-refractivity contribution in [1.82, 2.24) is 0 Å². The van der Waals surface area contributed by atoms with E-state index in [1.807, 2.05) is 50.1 Å². The number of anilines is 1. The number of ketones is 1. The number of esters is 1. The summed E-state index contributed by atoms with van der Waals surface area (Å²) in [4.78, 5) is 25.5. The van der Waals surface area contributed by atoms with Crippen LogP contribution in [0.1, 0.15) is 26.3 Å². The van der Waals surface area contributed by atoms with Gasteiger partial charge in [-0.25, -0.2) is 4.79 Å². The van der Waals surface area contributed by atoms with Gasteiger partial charge in [-0.2, -0.15) is 0 Å². The van der Waals surface area contributed by atoms with E-state index in [2.05, 4.69) is 4.74 Å². The molecule has 0 aromatic heterocycles. The summed E-state index contributed by atoms with van der Waals surface area (Å²) in [6.07, 6.45) is 2.33. The van der Waals surface area contributed by atoms with Crippen molar-refractivity contribution in [2.24, 2.45) is 0 Å². The molecule has 0 spiro atoms. The number of benzene rings is 1. The SMILES string of the molecule is CCOC(=O)/C(O)=C/C(=O)/C=C1/N(C)c2ccccc2C1(C)C. The van der Waals surface area contributed by atoms with Gasteiger partial charge in [0.15, 0.2) is 5.78 Å². The normalized spacial score (nSPS) is 18.0. The maximum absolute atomic E-state index is 12.2. The van der Waals surface area contributed by atoms with Gasteiger partial charge in [-0.3, -0.25) is 4.79 Å². The van der Waals surface area contributed by atoms with E-state index < -0.39 is 17.5 Å². The second kappa shape index (κ2) is 6.28. The lowest BCUT2D eigenvalue weighted by Crippen LogP contribution is -2.24. The van der Waals surface area contributed by atoms with Crippen LogP contribution in [0.5, 0.6) is 0 Å². The molecule has 122 valence electrons. The summed E-state index contributed by atoms with van der Waals surface area (Å²) in [6.45, 7) is 5.83. The molecule has 1 aliphatic rings. The van der Waals surface area contributed by atoms with Crippen molar-refractivity contribution in [3.63, 3.8) is 0 Å². The lowest BCUT2D eigenvalue weighted by Gasteiger charge is -2.23. The Morgan fingerprint density at radius 2 is 1.96 bits per heavy atom. The van der Waals surface area contributed by atoms with Crippen molar-refractivity contribution in [2.45, 2.75) is 26.2 Å². The largest absolute Gasteiger partial charge is 0.502 e. The molecule has 0 aliphatic carbocycles. The van der Waals surface area contributed by atoms with Gasteiger partial charge in [-0.15, -0.1) is 0 Å². The molecule has 0 fully saturated rings. The quantitative estimate of drug-likeness (QED) is 0.526. The molecular formula is C18H21NO4.